The number of aliphatic hydroxyl groups is 1. The lowest BCUT2D eigenvalue weighted by Gasteiger charge is -2.36. The van der Waals surface area contributed by atoms with Gasteiger partial charge in [0.25, 0.3) is 0 Å². The van der Waals surface area contributed by atoms with Gasteiger partial charge in [-0.05, 0) is 33.6 Å². The van der Waals surface area contributed by atoms with E-state index in [1.54, 1.807) is 0 Å². The third-order valence-electron chi connectivity index (χ3n) is 3.92. The summed E-state index contributed by atoms with van der Waals surface area (Å²) < 4.78 is 175. The highest BCUT2D eigenvalue weighted by atomic mass is 32.2. The Kier molecular flexibility index (Phi) is 10.4. The van der Waals surface area contributed by atoms with Crippen molar-refractivity contribution in [2.24, 2.45) is 0 Å². The van der Waals surface area contributed by atoms with Crippen LogP contribution < -0.4 is 0 Å². The largest absolute Gasteiger partial charge is 0.456 e. The number of ether oxygens (including phenoxy) is 3. The molecule has 0 aromatic rings. The Hall–Kier alpha value is -1.70. The molecule has 0 heterocycles. The highest BCUT2D eigenvalue weighted by Gasteiger charge is 2.68. The number of unbranched alkanes of at least 4 members (excludes halogenated alkanes) is 1. The number of rotatable bonds is 12. The highest BCUT2D eigenvalue weighted by Crippen LogP contribution is 2.43. The molecule has 0 saturated heterocycles. The summed E-state index contributed by atoms with van der Waals surface area (Å²) in [5, 5.41) is 3.52. The van der Waals surface area contributed by atoms with Crippen molar-refractivity contribution in [2.45, 2.75) is 81.2 Å². The molecule has 0 aliphatic heterocycles. The predicted molar refractivity (Wildman–Crippen MR) is 98.2 cm³/mol. The van der Waals surface area contributed by atoms with E-state index in [4.69, 9.17) is 4.55 Å². The third-order valence-corrected chi connectivity index (χ3v) is 4.87. The highest BCUT2D eigenvalue weighted by molar-refractivity contribution is 7.87. The van der Waals surface area contributed by atoms with Gasteiger partial charge >= 0.3 is 45.4 Å². The maximum Gasteiger partial charge on any atom is 0.455 e. The summed E-state index contributed by atoms with van der Waals surface area (Å²) >= 11 is 0. The fraction of sp³-hybridized carbons (Fsp3) is 0.824. The second kappa shape index (κ2) is 11.0. The third kappa shape index (κ3) is 8.42. The molecule has 2 N–H and O–H groups in total. The number of hydrogen-bond donors (Lipinski definition) is 2. The van der Waals surface area contributed by atoms with E-state index in [9.17, 15) is 62.2 Å². The molecule has 0 aromatic heterocycles. The van der Waals surface area contributed by atoms with E-state index in [0.717, 1.165) is 20.8 Å². The first-order valence-corrected chi connectivity index (χ1v) is 10.8. The maximum absolute atomic E-state index is 13.8. The van der Waals surface area contributed by atoms with Crippen LogP contribution in [0.15, 0.2) is 12.2 Å². The molecule has 0 aromatic carbocycles. The zero-order valence-corrected chi connectivity index (χ0v) is 19.5. The number of carbonyl (C=O) groups is 1. The molecular formula is C17H22F10O8S. The van der Waals surface area contributed by atoms with E-state index in [-0.39, 0.29) is 0 Å². The normalized spacial score (nSPS) is 16.9. The van der Waals surface area contributed by atoms with Gasteiger partial charge in [0.15, 0.2) is 6.29 Å². The molecule has 2 atom stereocenters. The zero-order chi connectivity index (χ0) is 29.2. The summed E-state index contributed by atoms with van der Waals surface area (Å²) in [4.78, 5) is 12.3. The molecule has 0 radical (unpaired) electrons. The smallest absolute Gasteiger partial charge is 0.455 e. The van der Waals surface area contributed by atoms with E-state index in [1.807, 2.05) is 0 Å². The van der Waals surface area contributed by atoms with Crippen LogP contribution >= 0.6 is 0 Å². The Morgan fingerprint density at radius 2 is 1.42 bits per heavy atom. The van der Waals surface area contributed by atoms with Crippen molar-refractivity contribution in [2.75, 3.05) is 6.61 Å². The molecule has 0 fully saturated rings. The number of hydrogen-bond acceptors (Lipinski definition) is 7. The molecule has 36 heavy (non-hydrogen) atoms. The maximum atomic E-state index is 13.8. The minimum absolute atomic E-state index is 1.04. The van der Waals surface area contributed by atoms with Crippen LogP contribution in [0.25, 0.3) is 0 Å². The number of halogens is 10. The van der Waals surface area contributed by atoms with Crippen LogP contribution in [-0.2, 0) is 29.1 Å². The van der Waals surface area contributed by atoms with Crippen molar-refractivity contribution in [3.05, 3.63) is 12.2 Å². The predicted octanol–water partition coefficient (Wildman–Crippen LogP) is 4.34. The summed E-state index contributed by atoms with van der Waals surface area (Å²) in [7, 11) is -6.58. The summed E-state index contributed by atoms with van der Waals surface area (Å²) in [6.07, 6.45) is -19.4. The van der Waals surface area contributed by atoms with Gasteiger partial charge in [-0.2, -0.15) is 52.3 Å². The second-order valence-electron chi connectivity index (χ2n) is 8.11. The van der Waals surface area contributed by atoms with E-state index >= 15 is 0 Å². The van der Waals surface area contributed by atoms with E-state index in [2.05, 4.69) is 20.8 Å². The van der Waals surface area contributed by atoms with Crippen LogP contribution in [0, 0.1) is 0 Å². The van der Waals surface area contributed by atoms with Crippen LogP contribution in [0.5, 0.6) is 0 Å². The van der Waals surface area contributed by atoms with Crippen LogP contribution in [0.4, 0.5) is 43.9 Å². The first-order chi connectivity index (χ1) is 15.6. The molecule has 19 heteroatoms. The Bertz CT molecular complexity index is 893. The summed E-state index contributed by atoms with van der Waals surface area (Å²) in [5.41, 5.74) is -4.02. The van der Waals surface area contributed by atoms with E-state index in [1.165, 1.54) is 0 Å². The van der Waals surface area contributed by atoms with Crippen LogP contribution in [0.1, 0.15) is 40.0 Å². The topological polar surface area (TPSA) is 119 Å². The fourth-order valence-corrected chi connectivity index (χ4v) is 2.60. The number of carbonyl (C=O) groups excluding carboxylic acids is 1. The quantitative estimate of drug-likeness (QED) is 0.0880. The van der Waals surface area contributed by atoms with Crippen LogP contribution in [0.2, 0.25) is 0 Å². The molecule has 0 aliphatic rings. The van der Waals surface area contributed by atoms with Crippen molar-refractivity contribution in [1.82, 2.24) is 0 Å². The Morgan fingerprint density at radius 3 is 1.78 bits per heavy atom. The number of alkyl halides is 10. The molecule has 214 valence electrons. The van der Waals surface area contributed by atoms with Crippen molar-refractivity contribution in [1.29, 1.82) is 0 Å². The van der Waals surface area contributed by atoms with Gasteiger partial charge in [-0.25, -0.2) is 4.79 Å². The summed E-state index contributed by atoms with van der Waals surface area (Å²) in [5.74, 6) is -12.7. The van der Waals surface area contributed by atoms with Gasteiger partial charge in [0.2, 0.25) is 0 Å². The fourth-order valence-electron chi connectivity index (χ4n) is 2.12. The van der Waals surface area contributed by atoms with Gasteiger partial charge in [-0.15, -0.1) is 0 Å². The summed E-state index contributed by atoms with van der Waals surface area (Å²) in [6, 6.07) is 0. The van der Waals surface area contributed by atoms with Crippen LogP contribution in [0.3, 0.4) is 0 Å². The van der Waals surface area contributed by atoms with Gasteiger partial charge in [0.05, 0.1) is 12.2 Å². The standard InChI is InChI=1S/C17H22F10O8S/c1-9(15(20,21)22)10(28)34-14(16(23,24)25,11(29)35-12(2,3)4)33-8-6-5-7-13(18,19)17(26,27)36(30,31)32/h10,28H,1,5-8H2,2-4H3,(H,30,31,32). The molecule has 0 saturated carbocycles. The minimum atomic E-state index is -6.58. The monoisotopic (exact) mass is 576 g/mol. The average Bonchev–Trinajstić information content (AvgIpc) is 2.61. The van der Waals surface area contributed by atoms with Crippen molar-refractivity contribution >= 4 is 16.1 Å². The lowest BCUT2D eigenvalue weighted by molar-refractivity contribution is -0.395. The minimum Gasteiger partial charge on any atom is -0.456 e. The molecule has 0 spiro atoms. The average molecular weight is 576 g/mol. The molecule has 0 rings (SSSR count). The Balaban J connectivity index is 5.89. The van der Waals surface area contributed by atoms with Crippen molar-refractivity contribution in [3.63, 3.8) is 0 Å². The molecule has 0 aliphatic carbocycles. The van der Waals surface area contributed by atoms with Gasteiger partial charge in [0.1, 0.15) is 5.60 Å². The number of aliphatic hydroxyl groups excluding tert-OH is 1. The van der Waals surface area contributed by atoms with Crippen molar-refractivity contribution < 1.29 is 81.0 Å². The van der Waals surface area contributed by atoms with E-state index < -0.39 is 88.7 Å². The first kappa shape index (κ1) is 34.3. The molecular weight excluding hydrogens is 554 g/mol. The molecule has 0 bridgehead atoms. The van der Waals surface area contributed by atoms with Gasteiger partial charge in [-0.3, -0.25) is 9.29 Å². The lowest BCUT2D eigenvalue weighted by atomic mass is 10.1. The Labute approximate surface area is 197 Å². The SMILES string of the molecule is C=C(C(O)OC(OCCCCC(F)(F)C(F)(F)S(=O)(=O)O)(C(=O)OC(C)(C)C)C(F)(F)F)C(F)(F)F. The second-order valence-corrected chi connectivity index (χ2v) is 9.57. The van der Waals surface area contributed by atoms with E-state index in [0.29, 0.717) is 0 Å². The van der Waals surface area contributed by atoms with Gasteiger partial charge in [0, 0.05) is 6.42 Å². The van der Waals surface area contributed by atoms with Crippen molar-refractivity contribution in [3.8, 4) is 0 Å². The summed E-state index contributed by atoms with van der Waals surface area (Å²) in [6.45, 7) is 3.93. The lowest BCUT2D eigenvalue weighted by Crippen LogP contribution is -2.60. The zero-order valence-electron chi connectivity index (χ0n) is 18.6. The number of esters is 1. The van der Waals surface area contributed by atoms with Gasteiger partial charge < -0.3 is 14.6 Å². The molecule has 0 amide bonds. The van der Waals surface area contributed by atoms with Crippen LogP contribution in [-0.4, -0.2) is 71.9 Å². The molecule has 2 unspecified atom stereocenters. The van der Waals surface area contributed by atoms with Gasteiger partial charge in [-0.1, -0.05) is 6.58 Å². The first-order valence-electron chi connectivity index (χ1n) is 9.41. The Morgan fingerprint density at radius 1 is 0.944 bits per heavy atom. The molecule has 8 nitrogen and oxygen atoms in total.